The van der Waals surface area contributed by atoms with Crippen molar-refractivity contribution in [2.24, 2.45) is 0 Å². The van der Waals surface area contributed by atoms with E-state index in [1.165, 1.54) is 16.5 Å². The smallest absolute Gasteiger partial charge is 0.274 e. The van der Waals surface area contributed by atoms with E-state index in [1.807, 2.05) is 0 Å². The largest absolute Gasteiger partial charge is 0.503 e. The van der Waals surface area contributed by atoms with E-state index in [1.54, 1.807) is 6.92 Å². The molecule has 10 heteroatoms. The quantitative estimate of drug-likeness (QED) is 0.822. The normalized spacial score (nSPS) is 16.1. The predicted molar refractivity (Wildman–Crippen MR) is 91.4 cm³/mol. The molecule has 7 nitrogen and oxygen atoms in total. The Balaban J connectivity index is 1.92. The van der Waals surface area contributed by atoms with Gasteiger partial charge in [-0.1, -0.05) is 0 Å². The monoisotopic (exact) mass is 395 g/mol. The van der Waals surface area contributed by atoms with Gasteiger partial charge in [0, 0.05) is 50.1 Å². The van der Waals surface area contributed by atoms with Crippen LogP contribution < -0.4 is 10.7 Å². The number of nitrogens with one attached hydrogen (secondary N) is 1. The molecule has 0 spiro atoms. The van der Waals surface area contributed by atoms with Gasteiger partial charge in [0.25, 0.3) is 11.8 Å². The molecule has 1 aliphatic heterocycles. The third-order valence-electron chi connectivity index (χ3n) is 4.68. The number of halogens is 3. The van der Waals surface area contributed by atoms with Gasteiger partial charge in [-0.05, 0) is 6.92 Å². The summed E-state index contributed by atoms with van der Waals surface area (Å²) < 4.78 is 41.6. The molecule has 148 valence electrons. The Morgan fingerprint density at radius 3 is 2.46 bits per heavy atom. The number of carbonyl (C=O) groups excluding carboxylic acids is 2. The van der Waals surface area contributed by atoms with Gasteiger partial charge in [0.2, 0.25) is 5.43 Å². The van der Waals surface area contributed by atoms with Crippen molar-refractivity contribution in [3.63, 3.8) is 0 Å². The molecule has 0 saturated carbocycles. The maximum absolute atomic E-state index is 13.7. The van der Waals surface area contributed by atoms with E-state index in [-0.39, 0.29) is 18.3 Å². The van der Waals surface area contributed by atoms with Gasteiger partial charge < -0.3 is 19.9 Å². The number of hydrogen-bond donors (Lipinski definition) is 2. The van der Waals surface area contributed by atoms with Crippen molar-refractivity contribution in [3.05, 3.63) is 62.8 Å². The van der Waals surface area contributed by atoms with E-state index in [2.05, 4.69) is 5.32 Å². The molecule has 28 heavy (non-hydrogen) atoms. The highest BCUT2D eigenvalue weighted by atomic mass is 19.1. The fraction of sp³-hybridized carbons (Fsp3) is 0.278. The molecular formula is C18H16F3N3O4. The van der Waals surface area contributed by atoms with Crippen molar-refractivity contribution < 1.29 is 27.9 Å². The van der Waals surface area contributed by atoms with E-state index < -0.39 is 58.1 Å². The van der Waals surface area contributed by atoms with Crippen LogP contribution in [0.3, 0.4) is 0 Å². The van der Waals surface area contributed by atoms with Crippen LogP contribution in [0.25, 0.3) is 0 Å². The fourth-order valence-electron chi connectivity index (χ4n) is 2.96. The Kier molecular flexibility index (Phi) is 4.88. The second kappa shape index (κ2) is 7.02. The molecule has 1 aromatic heterocycles. The van der Waals surface area contributed by atoms with E-state index in [4.69, 9.17) is 0 Å². The Bertz CT molecular complexity index is 1030. The lowest BCUT2D eigenvalue weighted by molar-refractivity contribution is 0.0664. The molecule has 2 amide bonds. The topological polar surface area (TPSA) is 91.6 Å². The lowest BCUT2D eigenvalue weighted by atomic mass is 10.1. The zero-order valence-corrected chi connectivity index (χ0v) is 14.9. The first-order valence-electron chi connectivity index (χ1n) is 8.27. The summed E-state index contributed by atoms with van der Waals surface area (Å²) >= 11 is 0. The number of benzene rings is 1. The van der Waals surface area contributed by atoms with Crippen LogP contribution in [0, 0.1) is 17.5 Å². The van der Waals surface area contributed by atoms with Gasteiger partial charge in [-0.15, -0.1) is 0 Å². The highest BCUT2D eigenvalue weighted by Gasteiger charge is 2.32. The molecule has 2 N–H and O–H groups in total. The molecule has 1 aromatic carbocycles. The molecule has 3 rings (SSSR count). The number of pyridine rings is 1. The SMILES string of the molecule is C[C@H]1Cn2cc(C(=O)NCc3c(F)cc(F)cc3F)c(=O)c(O)c2C(=O)N1C. The van der Waals surface area contributed by atoms with Gasteiger partial charge in [0.1, 0.15) is 23.0 Å². The summed E-state index contributed by atoms with van der Waals surface area (Å²) in [5.41, 5.74) is -2.39. The lowest BCUT2D eigenvalue weighted by Crippen LogP contribution is -2.45. The van der Waals surface area contributed by atoms with E-state index in [0.29, 0.717) is 12.1 Å². The average Bonchev–Trinajstić information content (AvgIpc) is 2.61. The maximum atomic E-state index is 13.7. The second-order valence-corrected chi connectivity index (χ2v) is 6.52. The summed E-state index contributed by atoms with van der Waals surface area (Å²) in [4.78, 5) is 38.3. The van der Waals surface area contributed by atoms with Crippen LogP contribution in [-0.4, -0.2) is 39.5 Å². The minimum atomic E-state index is -1.19. The number of likely N-dealkylation sites (N-methyl/N-ethyl adjacent to an activating group) is 1. The zero-order chi connectivity index (χ0) is 20.7. The van der Waals surface area contributed by atoms with Crippen molar-refractivity contribution in [1.82, 2.24) is 14.8 Å². The maximum Gasteiger partial charge on any atom is 0.274 e. The van der Waals surface area contributed by atoms with E-state index in [0.717, 1.165) is 6.20 Å². The van der Waals surface area contributed by atoms with Gasteiger partial charge in [-0.2, -0.15) is 0 Å². The first kappa shape index (κ1) is 19.5. The van der Waals surface area contributed by atoms with Crippen LogP contribution in [-0.2, 0) is 13.1 Å². The number of hydrogen-bond acceptors (Lipinski definition) is 4. The highest BCUT2D eigenvalue weighted by Crippen LogP contribution is 2.22. The van der Waals surface area contributed by atoms with Crippen LogP contribution in [0.1, 0.15) is 33.3 Å². The predicted octanol–water partition coefficient (Wildman–Crippen LogP) is 1.38. The van der Waals surface area contributed by atoms with Gasteiger partial charge in [-0.25, -0.2) is 13.2 Å². The molecule has 2 aromatic rings. The minimum Gasteiger partial charge on any atom is -0.503 e. The Labute approximate surface area is 157 Å². The van der Waals surface area contributed by atoms with E-state index >= 15 is 0 Å². The number of aromatic hydroxyl groups is 1. The van der Waals surface area contributed by atoms with Gasteiger partial charge >= 0.3 is 0 Å². The molecular weight excluding hydrogens is 379 g/mol. The fourth-order valence-corrected chi connectivity index (χ4v) is 2.96. The summed E-state index contributed by atoms with van der Waals surface area (Å²) in [7, 11) is 1.52. The van der Waals surface area contributed by atoms with Crippen molar-refractivity contribution in [3.8, 4) is 5.75 Å². The summed E-state index contributed by atoms with van der Waals surface area (Å²) in [6.45, 7) is 1.33. The van der Waals surface area contributed by atoms with Crippen molar-refractivity contribution in [2.75, 3.05) is 7.05 Å². The third-order valence-corrected chi connectivity index (χ3v) is 4.68. The van der Waals surface area contributed by atoms with Crippen molar-refractivity contribution in [1.29, 1.82) is 0 Å². The van der Waals surface area contributed by atoms with Gasteiger partial charge in [-0.3, -0.25) is 14.4 Å². The number of rotatable bonds is 3. The molecule has 1 aliphatic rings. The average molecular weight is 395 g/mol. The molecule has 0 saturated heterocycles. The number of fused-ring (bicyclic) bond motifs is 1. The van der Waals surface area contributed by atoms with Crippen LogP contribution in [0.15, 0.2) is 23.1 Å². The second-order valence-electron chi connectivity index (χ2n) is 6.52. The van der Waals surface area contributed by atoms with E-state index in [9.17, 15) is 32.7 Å². The lowest BCUT2D eigenvalue weighted by Gasteiger charge is -2.33. The van der Waals surface area contributed by atoms with Crippen molar-refractivity contribution >= 4 is 11.8 Å². The Hall–Kier alpha value is -3.30. The number of nitrogens with zero attached hydrogens (tertiary/aromatic N) is 2. The number of aromatic nitrogens is 1. The summed E-state index contributed by atoms with van der Waals surface area (Å²) in [6.07, 6.45) is 1.12. The van der Waals surface area contributed by atoms with Crippen molar-refractivity contribution in [2.45, 2.75) is 26.1 Å². The Morgan fingerprint density at radius 1 is 1.25 bits per heavy atom. The third kappa shape index (κ3) is 3.21. The molecule has 1 atom stereocenters. The van der Waals surface area contributed by atoms with Gasteiger partial charge in [0.15, 0.2) is 11.4 Å². The molecule has 2 heterocycles. The summed E-state index contributed by atoms with van der Waals surface area (Å²) in [5, 5.41) is 12.3. The minimum absolute atomic E-state index is 0.229. The van der Waals surface area contributed by atoms with Crippen LogP contribution in [0.5, 0.6) is 5.75 Å². The first-order valence-corrected chi connectivity index (χ1v) is 8.27. The van der Waals surface area contributed by atoms with Crippen LogP contribution >= 0.6 is 0 Å². The van der Waals surface area contributed by atoms with Gasteiger partial charge in [0.05, 0.1) is 0 Å². The summed E-state index contributed by atoms with van der Waals surface area (Å²) in [5.74, 6) is -5.94. The molecule has 0 radical (unpaired) electrons. The highest BCUT2D eigenvalue weighted by molar-refractivity contribution is 5.99. The molecule has 0 unspecified atom stereocenters. The van der Waals surface area contributed by atoms with Crippen LogP contribution in [0.2, 0.25) is 0 Å². The Morgan fingerprint density at radius 2 is 1.86 bits per heavy atom. The zero-order valence-electron chi connectivity index (χ0n) is 14.9. The molecule has 0 fully saturated rings. The first-order chi connectivity index (χ1) is 13.1. The summed E-state index contributed by atoms with van der Waals surface area (Å²) in [6, 6.07) is 0.682. The number of amides is 2. The molecule has 0 bridgehead atoms. The standard InChI is InChI=1S/C18H16F3N3O4/c1-8-6-24-7-11(15(25)16(26)14(24)18(28)23(8)2)17(27)22-5-10-12(20)3-9(19)4-13(10)21/h3-4,7-8,26H,5-6H2,1-2H3,(H,22,27)/t8-/m0/s1. The number of carbonyl (C=O) groups is 2. The van der Waals surface area contributed by atoms with Crippen LogP contribution in [0.4, 0.5) is 13.2 Å². The molecule has 0 aliphatic carbocycles.